The number of nitrogens with two attached hydrogens (primary N) is 1. The van der Waals surface area contributed by atoms with Gasteiger partial charge in [-0.25, -0.2) is 0 Å². The molecule has 0 radical (unpaired) electrons. The Hall–Kier alpha value is -1.22. The first-order valence-electron chi connectivity index (χ1n) is 6.94. The molecule has 0 saturated heterocycles. The maximum atomic E-state index is 6.32. The van der Waals surface area contributed by atoms with Crippen LogP contribution < -0.4 is 15.2 Å². The van der Waals surface area contributed by atoms with Crippen LogP contribution in [0.1, 0.15) is 44.6 Å². The summed E-state index contributed by atoms with van der Waals surface area (Å²) >= 11 is 0. The van der Waals surface area contributed by atoms with Crippen LogP contribution >= 0.6 is 0 Å². The van der Waals surface area contributed by atoms with E-state index < -0.39 is 0 Å². The smallest absolute Gasteiger partial charge is 0.160 e. The number of ether oxygens (including phenoxy) is 2. The van der Waals surface area contributed by atoms with Crippen LogP contribution in [0.15, 0.2) is 18.2 Å². The quantitative estimate of drug-likeness (QED) is 0.909. The number of rotatable bonds is 3. The largest absolute Gasteiger partial charge is 0.493 e. The molecular formula is C16H25NO2. The van der Waals surface area contributed by atoms with Gasteiger partial charge in [0.25, 0.3) is 0 Å². The van der Waals surface area contributed by atoms with Crippen molar-refractivity contribution in [1.29, 1.82) is 0 Å². The van der Waals surface area contributed by atoms with Crippen molar-refractivity contribution in [3.05, 3.63) is 23.8 Å². The van der Waals surface area contributed by atoms with Crippen LogP contribution in [0.25, 0.3) is 0 Å². The van der Waals surface area contributed by atoms with Gasteiger partial charge >= 0.3 is 0 Å². The molecule has 1 aliphatic carbocycles. The monoisotopic (exact) mass is 263 g/mol. The molecule has 0 heterocycles. The molecule has 1 aliphatic rings. The molecular weight excluding hydrogens is 238 g/mol. The van der Waals surface area contributed by atoms with Crippen molar-refractivity contribution in [2.24, 2.45) is 11.1 Å². The van der Waals surface area contributed by atoms with Crippen molar-refractivity contribution >= 4 is 0 Å². The molecule has 0 aromatic heterocycles. The van der Waals surface area contributed by atoms with Crippen molar-refractivity contribution in [2.45, 2.75) is 45.1 Å². The Morgan fingerprint density at radius 1 is 1.16 bits per heavy atom. The summed E-state index contributed by atoms with van der Waals surface area (Å²) in [4.78, 5) is 0. The maximum absolute atomic E-state index is 6.32. The highest BCUT2D eigenvalue weighted by atomic mass is 16.5. The summed E-state index contributed by atoms with van der Waals surface area (Å²) < 4.78 is 10.7. The van der Waals surface area contributed by atoms with Crippen LogP contribution in [-0.2, 0) is 0 Å². The third-order valence-electron chi connectivity index (χ3n) is 4.28. The van der Waals surface area contributed by atoms with Gasteiger partial charge in [0.2, 0.25) is 0 Å². The van der Waals surface area contributed by atoms with Gasteiger partial charge in [0.05, 0.1) is 14.2 Å². The minimum Gasteiger partial charge on any atom is -0.493 e. The summed E-state index contributed by atoms with van der Waals surface area (Å²) in [6, 6.07) is 6.41. The van der Waals surface area contributed by atoms with E-state index in [2.05, 4.69) is 26.0 Å². The van der Waals surface area contributed by atoms with Crippen molar-refractivity contribution < 1.29 is 9.47 Å². The van der Waals surface area contributed by atoms with E-state index in [9.17, 15) is 0 Å². The molecule has 3 nitrogen and oxygen atoms in total. The van der Waals surface area contributed by atoms with Gasteiger partial charge < -0.3 is 15.2 Å². The second-order valence-corrected chi connectivity index (χ2v) is 6.29. The SMILES string of the molecule is COc1ccc(C2CC(C)(C)CCC2N)cc1OC. The summed E-state index contributed by atoms with van der Waals surface area (Å²) in [7, 11) is 3.33. The van der Waals surface area contributed by atoms with Crippen molar-refractivity contribution in [1.82, 2.24) is 0 Å². The minimum absolute atomic E-state index is 0.242. The second kappa shape index (κ2) is 5.41. The standard InChI is InChI=1S/C16H25NO2/c1-16(2)8-7-13(17)12(10-16)11-5-6-14(18-3)15(9-11)19-4/h5-6,9,12-13H,7-8,10,17H2,1-4H3. The lowest BCUT2D eigenvalue weighted by atomic mass is 9.68. The average molecular weight is 263 g/mol. The van der Waals surface area contributed by atoms with Crippen LogP contribution in [-0.4, -0.2) is 20.3 Å². The summed E-state index contributed by atoms with van der Waals surface area (Å²) in [5, 5.41) is 0. The molecule has 0 bridgehead atoms. The van der Waals surface area contributed by atoms with E-state index in [1.807, 2.05) is 6.07 Å². The molecule has 1 fully saturated rings. The fourth-order valence-electron chi connectivity index (χ4n) is 3.06. The van der Waals surface area contributed by atoms with Crippen LogP contribution in [0, 0.1) is 5.41 Å². The summed E-state index contributed by atoms with van der Waals surface area (Å²) in [5.74, 6) is 1.97. The Morgan fingerprint density at radius 2 is 1.84 bits per heavy atom. The Labute approximate surface area is 116 Å². The number of hydrogen-bond acceptors (Lipinski definition) is 3. The summed E-state index contributed by atoms with van der Waals surface area (Å²) in [6.45, 7) is 4.65. The first-order chi connectivity index (χ1) is 8.96. The molecule has 1 aromatic rings. The molecule has 0 aliphatic heterocycles. The van der Waals surface area contributed by atoms with E-state index in [-0.39, 0.29) is 6.04 Å². The van der Waals surface area contributed by atoms with Crippen molar-refractivity contribution in [3.63, 3.8) is 0 Å². The van der Waals surface area contributed by atoms with Crippen LogP contribution in [0.5, 0.6) is 11.5 Å². The topological polar surface area (TPSA) is 44.5 Å². The fraction of sp³-hybridized carbons (Fsp3) is 0.625. The van der Waals surface area contributed by atoms with Gasteiger partial charge in [-0.3, -0.25) is 0 Å². The van der Waals surface area contributed by atoms with Gasteiger partial charge in [0.1, 0.15) is 0 Å². The number of hydrogen-bond donors (Lipinski definition) is 1. The van der Waals surface area contributed by atoms with Gasteiger partial charge in [0.15, 0.2) is 11.5 Å². The van der Waals surface area contributed by atoms with Crippen molar-refractivity contribution in [2.75, 3.05) is 14.2 Å². The Morgan fingerprint density at radius 3 is 2.47 bits per heavy atom. The van der Waals surface area contributed by atoms with Gasteiger partial charge in [-0.1, -0.05) is 19.9 Å². The molecule has 2 atom stereocenters. The van der Waals surface area contributed by atoms with Gasteiger partial charge in [-0.05, 0) is 48.3 Å². The Balaban J connectivity index is 2.29. The molecule has 2 rings (SSSR count). The second-order valence-electron chi connectivity index (χ2n) is 6.29. The molecule has 1 aromatic carbocycles. The molecule has 2 N–H and O–H groups in total. The average Bonchev–Trinajstić information content (AvgIpc) is 2.40. The van der Waals surface area contributed by atoms with Crippen molar-refractivity contribution in [3.8, 4) is 11.5 Å². The highest BCUT2D eigenvalue weighted by molar-refractivity contribution is 5.44. The van der Waals surface area contributed by atoms with Crippen LogP contribution in [0.2, 0.25) is 0 Å². The summed E-state index contributed by atoms with van der Waals surface area (Å²) in [6.07, 6.45) is 3.42. The van der Waals surface area contributed by atoms with E-state index >= 15 is 0 Å². The molecule has 0 amide bonds. The third kappa shape index (κ3) is 3.03. The maximum Gasteiger partial charge on any atom is 0.160 e. The number of benzene rings is 1. The van der Waals surface area contributed by atoms with E-state index in [0.717, 1.165) is 24.3 Å². The number of methoxy groups -OCH3 is 2. The Kier molecular flexibility index (Phi) is 4.04. The molecule has 3 heteroatoms. The molecule has 0 spiro atoms. The lowest BCUT2D eigenvalue weighted by molar-refractivity contribution is 0.198. The first kappa shape index (κ1) is 14.2. The third-order valence-corrected chi connectivity index (χ3v) is 4.28. The minimum atomic E-state index is 0.242. The predicted molar refractivity (Wildman–Crippen MR) is 77.9 cm³/mol. The predicted octanol–water partition coefficient (Wildman–Crippen LogP) is 3.32. The lowest BCUT2D eigenvalue weighted by Gasteiger charge is -2.39. The lowest BCUT2D eigenvalue weighted by Crippen LogP contribution is -2.37. The zero-order valence-electron chi connectivity index (χ0n) is 12.4. The molecule has 2 unspecified atom stereocenters. The van der Waals surface area contributed by atoms with E-state index in [4.69, 9.17) is 15.2 Å². The highest BCUT2D eigenvalue weighted by Crippen LogP contribution is 2.44. The van der Waals surface area contributed by atoms with Crippen LogP contribution in [0.4, 0.5) is 0 Å². The van der Waals surface area contributed by atoms with Gasteiger partial charge in [-0.15, -0.1) is 0 Å². The van der Waals surface area contributed by atoms with Gasteiger partial charge in [-0.2, -0.15) is 0 Å². The van der Waals surface area contributed by atoms with E-state index in [0.29, 0.717) is 11.3 Å². The first-order valence-corrected chi connectivity index (χ1v) is 6.94. The van der Waals surface area contributed by atoms with E-state index in [1.54, 1.807) is 14.2 Å². The normalized spacial score (nSPS) is 25.9. The van der Waals surface area contributed by atoms with Gasteiger partial charge in [0, 0.05) is 6.04 Å². The molecule has 106 valence electrons. The molecule has 1 saturated carbocycles. The molecule has 19 heavy (non-hydrogen) atoms. The van der Waals surface area contributed by atoms with E-state index in [1.165, 1.54) is 12.0 Å². The summed E-state index contributed by atoms with van der Waals surface area (Å²) in [5.41, 5.74) is 7.95. The fourth-order valence-corrected chi connectivity index (χ4v) is 3.06. The zero-order chi connectivity index (χ0) is 14.0. The highest BCUT2D eigenvalue weighted by Gasteiger charge is 2.34. The van der Waals surface area contributed by atoms with Crippen LogP contribution in [0.3, 0.4) is 0 Å². The zero-order valence-corrected chi connectivity index (χ0v) is 12.4. The Bertz CT molecular complexity index is 442.